The van der Waals surface area contributed by atoms with Gasteiger partial charge in [0.05, 0.1) is 31.0 Å². The van der Waals surface area contributed by atoms with Gasteiger partial charge in [0.25, 0.3) is 0 Å². The quantitative estimate of drug-likeness (QED) is 0.0734. The van der Waals surface area contributed by atoms with E-state index in [4.69, 9.17) is 4.74 Å². The van der Waals surface area contributed by atoms with Gasteiger partial charge >= 0.3 is 12.2 Å². The highest BCUT2D eigenvalue weighted by atomic mass is 19.2. The van der Waals surface area contributed by atoms with E-state index < -0.39 is 101 Å². The van der Waals surface area contributed by atoms with E-state index >= 15 is 8.78 Å². The van der Waals surface area contributed by atoms with Gasteiger partial charge in [0.2, 0.25) is 35.7 Å². The maximum absolute atomic E-state index is 15.7. The highest BCUT2D eigenvalue weighted by Crippen LogP contribution is 2.47. The van der Waals surface area contributed by atoms with Crippen LogP contribution in [0.1, 0.15) is 65.2 Å². The fourth-order valence-electron chi connectivity index (χ4n) is 8.70. The number of halogens is 5. The largest absolute Gasteiger partial charge is 0.465 e. The molecule has 4 heterocycles. The number of ether oxygens (including phenoxy) is 3. The fourth-order valence-corrected chi connectivity index (χ4v) is 8.70. The van der Waals surface area contributed by atoms with Crippen LogP contribution in [0.5, 0.6) is 5.75 Å². The molecule has 16 nitrogen and oxygen atoms in total. The van der Waals surface area contributed by atoms with Crippen molar-refractivity contribution >= 4 is 58.1 Å². The molecule has 0 saturated carbocycles. The van der Waals surface area contributed by atoms with Gasteiger partial charge in [-0.3, -0.25) is 19.2 Å². The van der Waals surface area contributed by atoms with Gasteiger partial charge < -0.3 is 49.8 Å². The zero-order chi connectivity index (χ0) is 47.9. The number of amides is 6. The van der Waals surface area contributed by atoms with Crippen molar-refractivity contribution in [1.82, 2.24) is 25.0 Å². The number of hydrogen-bond acceptors (Lipinski definition) is 9. The Bertz CT molecular complexity index is 2590. The first-order chi connectivity index (χ1) is 31.4. The predicted molar refractivity (Wildman–Crippen MR) is 227 cm³/mol. The number of carbonyl (C=O) groups is 6. The number of hydrogen-bond donors (Lipinski definition) is 4. The van der Waals surface area contributed by atoms with E-state index in [1.807, 2.05) is 0 Å². The first kappa shape index (κ1) is 47.0. The van der Waals surface area contributed by atoms with Crippen molar-refractivity contribution in [2.45, 2.75) is 83.8 Å². The number of nitrogens with zero attached hydrogens (tertiary/aromatic N) is 3. The second-order valence-electron chi connectivity index (χ2n) is 16.9. The normalized spacial score (nSPS) is 18.6. The summed E-state index contributed by atoms with van der Waals surface area (Å²) in [6.45, 7) is 7.40. The van der Waals surface area contributed by atoms with Crippen LogP contribution in [0, 0.1) is 40.9 Å². The minimum absolute atomic E-state index is 0.108. The van der Waals surface area contributed by atoms with Gasteiger partial charge in [0.15, 0.2) is 23.3 Å². The zero-order valence-electron chi connectivity index (χ0n) is 36.7. The predicted octanol–water partition coefficient (Wildman–Crippen LogP) is 6.56. The summed E-state index contributed by atoms with van der Waals surface area (Å²) in [5.41, 5.74) is -0.236. The van der Waals surface area contributed by atoms with Crippen molar-refractivity contribution in [3.05, 3.63) is 77.1 Å². The highest BCUT2D eigenvalue weighted by molar-refractivity contribution is 6.02. The molecule has 0 bridgehead atoms. The smallest absolute Gasteiger partial charge is 0.407 e. The maximum atomic E-state index is 15.7. The number of fused-ring (bicyclic) bond motifs is 5. The molecule has 1 aromatic heterocycles. The van der Waals surface area contributed by atoms with E-state index in [2.05, 4.69) is 30.7 Å². The van der Waals surface area contributed by atoms with Gasteiger partial charge in [-0.1, -0.05) is 27.7 Å². The van der Waals surface area contributed by atoms with Crippen molar-refractivity contribution in [2.75, 3.05) is 37.9 Å². The number of likely N-dealkylation sites (tertiary alicyclic amines) is 2. The van der Waals surface area contributed by atoms with E-state index in [1.165, 1.54) is 57.9 Å². The van der Waals surface area contributed by atoms with Crippen molar-refractivity contribution in [3.8, 4) is 17.0 Å². The van der Waals surface area contributed by atoms with E-state index in [0.717, 1.165) is 7.11 Å². The van der Waals surface area contributed by atoms with Crippen LogP contribution in [-0.2, 0) is 28.7 Å². The van der Waals surface area contributed by atoms with Crippen LogP contribution in [0.4, 0.5) is 42.9 Å². The molecule has 352 valence electrons. The molecule has 66 heavy (non-hydrogen) atoms. The van der Waals surface area contributed by atoms with Gasteiger partial charge in [0.1, 0.15) is 29.9 Å². The van der Waals surface area contributed by atoms with Crippen molar-refractivity contribution in [2.24, 2.45) is 11.8 Å². The van der Waals surface area contributed by atoms with Gasteiger partial charge in [-0.05, 0) is 73.9 Å². The fraction of sp³-hybridized carbons (Fsp3) is 0.422. The summed E-state index contributed by atoms with van der Waals surface area (Å²) in [6, 6.07) is 6.54. The molecule has 3 aromatic carbocycles. The minimum Gasteiger partial charge on any atom is -0.465 e. The Morgan fingerprint density at radius 2 is 1.12 bits per heavy atom. The standard InChI is InChI=1S/C45H48F5N7O9/c1-20(2)37(53-44(62)64-5)41(60)55-15-7-9-27(55)39(58)51-23-12-14-26-22(17-23)18-29-25-13-11-24(19-30(25)66-43(57(26)29)31-32(46)34(48)36(50)35(49)33(31)47)52-40(59)28-10-8-16-56(28)42(61)38(21(3)4)54-45(63)65-6/h11-14,17-21,27-28,37-38,43H,7-10,15-16H2,1-6H3,(H,51,58)(H,52,59)(H,53,62)(H,54,63)/t27-,28-,37-,38-,43-/m0/s1. The number of nitrogens with one attached hydrogen (secondary N) is 4. The monoisotopic (exact) mass is 925 g/mol. The molecule has 3 aliphatic rings. The molecule has 7 rings (SSSR count). The summed E-state index contributed by atoms with van der Waals surface area (Å²) in [7, 11) is 2.32. The van der Waals surface area contributed by atoms with Crippen molar-refractivity contribution < 1.29 is 64.9 Å². The third-order valence-corrected chi connectivity index (χ3v) is 12.1. The molecule has 4 N–H and O–H groups in total. The zero-order valence-corrected chi connectivity index (χ0v) is 36.7. The van der Waals surface area contributed by atoms with Crippen molar-refractivity contribution in [3.63, 3.8) is 0 Å². The minimum atomic E-state index is -2.37. The molecule has 0 unspecified atom stereocenters. The van der Waals surface area contributed by atoms with Crippen LogP contribution >= 0.6 is 0 Å². The van der Waals surface area contributed by atoms with Gasteiger partial charge in [0, 0.05) is 41.5 Å². The molecule has 5 atom stereocenters. The molecular formula is C45H48F5N7O9. The number of anilines is 2. The van der Waals surface area contributed by atoms with Crippen LogP contribution in [0.3, 0.4) is 0 Å². The second kappa shape index (κ2) is 18.9. The number of rotatable bonds is 11. The summed E-state index contributed by atoms with van der Waals surface area (Å²) in [5, 5.41) is 10.9. The number of benzene rings is 3. The Labute approximate surface area is 375 Å². The summed E-state index contributed by atoms with van der Waals surface area (Å²) in [6.07, 6.45) is -2.01. The third-order valence-electron chi connectivity index (χ3n) is 12.1. The van der Waals surface area contributed by atoms with Gasteiger partial charge in [-0.15, -0.1) is 0 Å². The molecule has 0 spiro atoms. The first-order valence-electron chi connectivity index (χ1n) is 21.3. The van der Waals surface area contributed by atoms with Crippen LogP contribution < -0.4 is 26.0 Å². The average molecular weight is 926 g/mol. The Hall–Kier alpha value is -6.93. The van der Waals surface area contributed by atoms with Gasteiger partial charge in [-0.2, -0.15) is 0 Å². The lowest BCUT2D eigenvalue weighted by atomic mass is 10.0. The van der Waals surface area contributed by atoms with E-state index in [1.54, 1.807) is 33.8 Å². The van der Waals surface area contributed by atoms with Crippen LogP contribution in [0.15, 0.2) is 42.5 Å². The lowest BCUT2D eigenvalue weighted by Crippen LogP contribution is -2.54. The Balaban J connectivity index is 1.21. The third kappa shape index (κ3) is 8.77. The molecule has 6 amide bonds. The molecule has 4 aromatic rings. The molecule has 2 saturated heterocycles. The van der Waals surface area contributed by atoms with E-state index in [-0.39, 0.29) is 59.7 Å². The maximum Gasteiger partial charge on any atom is 0.407 e. The number of methoxy groups -OCH3 is 2. The van der Waals surface area contributed by atoms with E-state index in [9.17, 15) is 41.9 Å². The molecule has 0 radical (unpaired) electrons. The summed E-state index contributed by atoms with van der Waals surface area (Å²) >= 11 is 0. The number of aromatic nitrogens is 1. The average Bonchev–Trinajstić information content (AvgIpc) is 4.07. The summed E-state index contributed by atoms with van der Waals surface area (Å²) < 4.78 is 92.0. The lowest BCUT2D eigenvalue weighted by molar-refractivity contribution is -0.139. The number of carbonyl (C=O) groups excluding carboxylic acids is 6. The Morgan fingerprint density at radius 3 is 1.61 bits per heavy atom. The van der Waals surface area contributed by atoms with Crippen molar-refractivity contribution in [1.29, 1.82) is 0 Å². The molecular weight excluding hydrogens is 878 g/mol. The van der Waals surface area contributed by atoms with Gasteiger partial charge in [-0.25, -0.2) is 31.5 Å². The Morgan fingerprint density at radius 1 is 0.652 bits per heavy atom. The SMILES string of the molecule is COC(=O)N[C@H](C(=O)N1CCC[C@H]1C(=O)Nc1ccc2c(c1)O[C@@H](c1c(F)c(F)c(F)c(F)c1F)n1c-2cc2cc(NC(=O)[C@@H]3CCCN3C(=O)[C@@H](NC(=O)OC)C(C)C)ccc21)C(C)C. The molecule has 0 aliphatic carbocycles. The lowest BCUT2D eigenvalue weighted by Gasteiger charge is -2.31. The molecule has 21 heteroatoms. The second-order valence-corrected chi connectivity index (χ2v) is 16.9. The summed E-state index contributed by atoms with van der Waals surface area (Å²) in [5.74, 6) is -13.9. The van der Waals surface area contributed by atoms with E-state index in [0.29, 0.717) is 30.2 Å². The molecule has 2 fully saturated rings. The Kier molecular flexibility index (Phi) is 13.5. The first-order valence-corrected chi connectivity index (χ1v) is 21.3. The number of alkyl carbamates (subject to hydrolysis) is 2. The van der Waals surface area contributed by atoms with Crippen LogP contribution in [0.2, 0.25) is 0 Å². The van der Waals surface area contributed by atoms with Crippen LogP contribution in [-0.4, -0.2) is 102 Å². The highest BCUT2D eigenvalue weighted by Gasteiger charge is 2.42. The topological polar surface area (TPSA) is 190 Å². The van der Waals surface area contributed by atoms with Crippen LogP contribution in [0.25, 0.3) is 22.2 Å². The summed E-state index contributed by atoms with van der Waals surface area (Å²) in [4.78, 5) is 81.5. The molecule has 3 aliphatic heterocycles.